The van der Waals surface area contributed by atoms with Crippen molar-refractivity contribution in [1.82, 2.24) is 0 Å². The lowest BCUT2D eigenvalue weighted by Crippen LogP contribution is -2.59. The van der Waals surface area contributed by atoms with Gasteiger partial charge in [-0.15, -0.1) is 0 Å². The molecule has 0 unspecified atom stereocenters. The van der Waals surface area contributed by atoms with E-state index >= 15 is 0 Å². The molecule has 6 N–H and O–H groups in total. The lowest BCUT2D eigenvalue weighted by atomic mass is 9.45. The first-order valence-electron chi connectivity index (χ1n) is 12.5. The van der Waals surface area contributed by atoms with E-state index < -0.39 is 49.5 Å². The summed E-state index contributed by atoms with van der Waals surface area (Å²) < 4.78 is 11.0. The summed E-state index contributed by atoms with van der Waals surface area (Å²) in [4.78, 5) is 0. The van der Waals surface area contributed by atoms with Crippen LogP contribution in [0.5, 0.6) is 0 Å². The molecule has 3 fully saturated rings. The van der Waals surface area contributed by atoms with Gasteiger partial charge in [0.2, 0.25) is 0 Å². The van der Waals surface area contributed by atoms with Crippen molar-refractivity contribution < 1.29 is 40.1 Å². The Morgan fingerprint density at radius 3 is 2.44 bits per heavy atom. The number of fused-ring (bicyclic) bond motifs is 1. The average molecular weight is 485 g/mol. The summed E-state index contributed by atoms with van der Waals surface area (Å²) in [7, 11) is 0. The molecule has 0 radical (unpaired) electrons. The van der Waals surface area contributed by atoms with E-state index in [0.717, 1.165) is 36.8 Å². The maximum Gasteiger partial charge on any atom is 0.187 e. The third-order valence-electron chi connectivity index (χ3n) is 8.84. The van der Waals surface area contributed by atoms with Crippen LogP contribution in [0.3, 0.4) is 0 Å². The van der Waals surface area contributed by atoms with Crippen molar-refractivity contribution in [3.8, 4) is 0 Å². The first-order valence-corrected chi connectivity index (χ1v) is 12.5. The van der Waals surface area contributed by atoms with Gasteiger partial charge in [-0.05, 0) is 61.7 Å². The zero-order valence-corrected chi connectivity index (χ0v) is 20.9. The fourth-order valence-corrected chi connectivity index (χ4v) is 6.85. The van der Waals surface area contributed by atoms with Crippen LogP contribution in [0, 0.1) is 22.7 Å². The lowest BCUT2D eigenvalue weighted by Gasteiger charge is -2.61. The molecule has 10 atom stereocenters. The van der Waals surface area contributed by atoms with Gasteiger partial charge in [0, 0.05) is 0 Å². The molecule has 3 aliphatic rings. The summed E-state index contributed by atoms with van der Waals surface area (Å²) >= 11 is 0. The Balaban J connectivity index is 1.60. The predicted molar refractivity (Wildman–Crippen MR) is 127 cm³/mol. The highest BCUT2D eigenvalue weighted by Gasteiger charge is 2.59. The lowest BCUT2D eigenvalue weighted by molar-refractivity contribution is -0.298. The zero-order chi connectivity index (χ0) is 25.4. The third kappa shape index (κ3) is 5.15. The van der Waals surface area contributed by atoms with Crippen molar-refractivity contribution in [2.45, 2.75) is 103 Å². The van der Waals surface area contributed by atoms with Crippen LogP contribution in [-0.2, 0) is 9.47 Å². The Labute approximate surface area is 202 Å². The van der Waals surface area contributed by atoms with E-state index in [0.29, 0.717) is 6.42 Å². The van der Waals surface area contributed by atoms with Crippen molar-refractivity contribution in [2.24, 2.45) is 22.7 Å². The van der Waals surface area contributed by atoms with Gasteiger partial charge in [-0.1, -0.05) is 44.6 Å². The highest BCUT2D eigenvalue weighted by Crippen LogP contribution is 2.61. The van der Waals surface area contributed by atoms with Gasteiger partial charge in [-0.25, -0.2) is 0 Å². The Morgan fingerprint density at radius 1 is 1.12 bits per heavy atom. The number of hydrogen-bond acceptors (Lipinski definition) is 8. The smallest absolute Gasteiger partial charge is 0.187 e. The van der Waals surface area contributed by atoms with Gasteiger partial charge in [-0.3, -0.25) is 0 Å². The van der Waals surface area contributed by atoms with E-state index in [1.165, 1.54) is 0 Å². The fraction of sp³-hybridized carbons (Fsp3) is 0.846. The van der Waals surface area contributed by atoms with Gasteiger partial charge < -0.3 is 40.1 Å². The average Bonchev–Trinajstić information content (AvgIpc) is 2.76. The molecule has 2 aliphatic carbocycles. The van der Waals surface area contributed by atoms with Crippen LogP contribution in [0.15, 0.2) is 23.8 Å². The van der Waals surface area contributed by atoms with Crippen molar-refractivity contribution in [3.63, 3.8) is 0 Å². The maximum atomic E-state index is 10.9. The molecule has 2 saturated carbocycles. The highest BCUT2D eigenvalue weighted by molar-refractivity contribution is 5.20. The van der Waals surface area contributed by atoms with Crippen LogP contribution < -0.4 is 0 Å². The molecule has 1 aliphatic heterocycles. The normalized spacial score (nSPS) is 45.2. The number of aliphatic hydroxyl groups is 6. The van der Waals surface area contributed by atoms with E-state index in [-0.39, 0.29) is 29.3 Å². The molecule has 8 nitrogen and oxygen atoms in total. The van der Waals surface area contributed by atoms with Crippen molar-refractivity contribution in [2.75, 3.05) is 13.2 Å². The van der Waals surface area contributed by atoms with Gasteiger partial charge >= 0.3 is 0 Å². The summed E-state index contributed by atoms with van der Waals surface area (Å²) in [5.41, 5.74) is 1.67. The topological polar surface area (TPSA) is 140 Å². The maximum absolute atomic E-state index is 10.9. The van der Waals surface area contributed by atoms with E-state index in [4.69, 9.17) is 9.47 Å². The van der Waals surface area contributed by atoms with Crippen LogP contribution in [0.2, 0.25) is 0 Å². The minimum absolute atomic E-state index is 0.00180. The Bertz CT molecular complexity index is 749. The minimum atomic E-state index is -1.46. The first kappa shape index (κ1) is 27.7. The van der Waals surface area contributed by atoms with Crippen molar-refractivity contribution in [3.05, 3.63) is 23.8 Å². The molecule has 0 aromatic rings. The van der Waals surface area contributed by atoms with Crippen LogP contribution in [0.1, 0.15) is 59.8 Å². The van der Waals surface area contributed by atoms with Gasteiger partial charge in [0.25, 0.3) is 0 Å². The summed E-state index contributed by atoms with van der Waals surface area (Å²) in [5.74, 6) is 0.237. The minimum Gasteiger partial charge on any atom is -0.394 e. The molecule has 0 bridgehead atoms. The number of aliphatic hydroxyl groups excluding tert-OH is 6. The molecule has 0 aromatic heterocycles. The second kappa shape index (κ2) is 10.6. The van der Waals surface area contributed by atoms with Crippen LogP contribution in [-0.4, -0.2) is 86.8 Å². The van der Waals surface area contributed by atoms with Crippen LogP contribution in [0.25, 0.3) is 0 Å². The van der Waals surface area contributed by atoms with Crippen molar-refractivity contribution in [1.29, 1.82) is 0 Å². The highest BCUT2D eigenvalue weighted by atomic mass is 16.7. The van der Waals surface area contributed by atoms with Gasteiger partial charge in [0.05, 0.1) is 25.4 Å². The number of rotatable bonds is 7. The SMILES string of the molecule is C=C1C[C@H](O)[C@@H]2C(C)(C)[C@@H](O)CC[C@]2(C)[C@H]1CC/C(C)=C/CO[C@H]1O[C@@H](CO)[C@H](O)[C@@H](O)[C@@H]1O. The van der Waals surface area contributed by atoms with Gasteiger partial charge in [-0.2, -0.15) is 0 Å². The predicted octanol–water partition coefficient (Wildman–Crippen LogP) is 1.27. The second-order valence-electron chi connectivity index (χ2n) is 11.5. The summed E-state index contributed by atoms with van der Waals surface area (Å²) in [6.07, 6.45) is -1.61. The molecule has 0 amide bonds. The Hall–Kier alpha value is -0.840. The van der Waals surface area contributed by atoms with Crippen molar-refractivity contribution >= 4 is 0 Å². The number of allylic oxidation sites excluding steroid dienone is 1. The molecule has 8 heteroatoms. The van der Waals surface area contributed by atoms with E-state index in [1.807, 2.05) is 13.0 Å². The molecular weight excluding hydrogens is 440 g/mol. The number of hydrogen-bond donors (Lipinski definition) is 6. The van der Waals surface area contributed by atoms with Crippen LogP contribution >= 0.6 is 0 Å². The molecule has 0 aromatic carbocycles. The first-order chi connectivity index (χ1) is 15.8. The van der Waals surface area contributed by atoms with E-state index in [9.17, 15) is 30.6 Å². The molecule has 1 heterocycles. The summed E-state index contributed by atoms with van der Waals surface area (Å²) in [6, 6.07) is 0. The molecular formula is C26H44O8. The largest absolute Gasteiger partial charge is 0.394 e. The summed E-state index contributed by atoms with van der Waals surface area (Å²) in [6.45, 7) is 12.3. The zero-order valence-electron chi connectivity index (χ0n) is 20.9. The van der Waals surface area contributed by atoms with E-state index in [1.54, 1.807) is 0 Å². The summed E-state index contributed by atoms with van der Waals surface area (Å²) in [5, 5.41) is 60.7. The molecule has 3 rings (SSSR count). The Kier molecular flexibility index (Phi) is 8.69. The second-order valence-corrected chi connectivity index (χ2v) is 11.5. The Morgan fingerprint density at radius 2 is 1.79 bits per heavy atom. The quantitative estimate of drug-likeness (QED) is 0.297. The molecule has 1 saturated heterocycles. The van der Waals surface area contributed by atoms with E-state index in [2.05, 4.69) is 27.4 Å². The van der Waals surface area contributed by atoms with Crippen LogP contribution in [0.4, 0.5) is 0 Å². The standard InChI is InChI=1S/C26H44O8/c1-14(9-11-33-24-22(32)21(31)20(30)18(13-27)34-24)6-7-16-15(2)12-17(28)23-25(3,4)19(29)8-10-26(16,23)5/h9,16-24,27-32H,2,6-8,10-13H2,1,3-5H3/b14-9+/t16-,17-,18-,19-,20-,21+,22-,23+,24-,26+/m0/s1. The molecule has 196 valence electrons. The van der Waals surface area contributed by atoms with Gasteiger partial charge in [0.15, 0.2) is 6.29 Å². The van der Waals surface area contributed by atoms with Gasteiger partial charge in [0.1, 0.15) is 24.4 Å². The fourth-order valence-electron chi connectivity index (χ4n) is 6.85. The molecule has 34 heavy (non-hydrogen) atoms. The monoisotopic (exact) mass is 484 g/mol. The number of ether oxygens (including phenoxy) is 2. The third-order valence-corrected chi connectivity index (χ3v) is 8.84. The molecule has 0 spiro atoms.